The fourth-order valence-electron chi connectivity index (χ4n) is 4.06. The van der Waals surface area contributed by atoms with Crippen LogP contribution in [0.15, 0.2) is 36.4 Å². The summed E-state index contributed by atoms with van der Waals surface area (Å²) in [7, 11) is 0. The first-order chi connectivity index (χ1) is 13.5. The van der Waals surface area contributed by atoms with Gasteiger partial charge < -0.3 is 14.4 Å². The molecule has 1 saturated heterocycles. The maximum absolute atomic E-state index is 12.6. The van der Waals surface area contributed by atoms with E-state index in [1.165, 1.54) is 0 Å². The van der Waals surface area contributed by atoms with Gasteiger partial charge in [0.05, 0.1) is 18.7 Å². The van der Waals surface area contributed by atoms with Crippen molar-refractivity contribution in [1.82, 2.24) is 9.47 Å². The number of carbonyl (C=O) groups is 1. The molecule has 0 aliphatic carbocycles. The third-order valence-electron chi connectivity index (χ3n) is 5.38. The second kappa shape index (κ2) is 7.59. The van der Waals surface area contributed by atoms with E-state index in [4.69, 9.17) is 16.3 Å². The second-order valence-corrected chi connectivity index (χ2v) is 7.61. The Balaban J connectivity index is 1.95. The van der Waals surface area contributed by atoms with Gasteiger partial charge in [0.1, 0.15) is 5.75 Å². The van der Waals surface area contributed by atoms with Crippen molar-refractivity contribution in [2.45, 2.75) is 20.4 Å². The molecular formula is C22H23ClN2O3. The molecule has 0 bridgehead atoms. The minimum atomic E-state index is -0.0101. The van der Waals surface area contributed by atoms with E-state index in [-0.39, 0.29) is 11.5 Å². The Hall–Kier alpha value is -2.34. The molecule has 6 heteroatoms. The van der Waals surface area contributed by atoms with Gasteiger partial charge in [-0.2, -0.15) is 0 Å². The summed E-state index contributed by atoms with van der Waals surface area (Å²) < 4.78 is 7.49. The van der Waals surface area contributed by atoms with Crippen LogP contribution in [0.25, 0.3) is 16.6 Å². The molecule has 0 amide bonds. The number of carbonyl (C=O) groups excluding carboxylic acids is 1. The third kappa shape index (κ3) is 3.30. The molecule has 28 heavy (non-hydrogen) atoms. The van der Waals surface area contributed by atoms with Gasteiger partial charge in [-0.25, -0.2) is 0 Å². The highest BCUT2D eigenvalue weighted by Crippen LogP contribution is 2.37. The number of aromatic hydroxyl groups is 1. The van der Waals surface area contributed by atoms with E-state index in [9.17, 15) is 9.90 Å². The Morgan fingerprint density at radius 1 is 1.14 bits per heavy atom. The topological polar surface area (TPSA) is 54.7 Å². The number of benzene rings is 2. The number of morpholine rings is 1. The standard InChI is InChI=1S/C22H23ClN2O3/c1-14-21(15(2)26)22-18(13-24-9-11-28-12-10-24)20(27)8-7-19(22)25(14)17-5-3-16(23)4-6-17/h3-8,27H,9-13H2,1-2H3. The minimum Gasteiger partial charge on any atom is -0.508 e. The quantitative estimate of drug-likeness (QED) is 0.664. The molecule has 1 aromatic heterocycles. The minimum absolute atomic E-state index is 0.0101. The van der Waals surface area contributed by atoms with Crippen molar-refractivity contribution in [3.8, 4) is 11.4 Å². The molecule has 5 nitrogen and oxygen atoms in total. The number of ketones is 1. The van der Waals surface area contributed by atoms with Crippen LogP contribution in [0.1, 0.15) is 28.5 Å². The molecule has 4 rings (SSSR count). The van der Waals surface area contributed by atoms with E-state index in [0.29, 0.717) is 30.3 Å². The molecule has 0 spiro atoms. The SMILES string of the molecule is CC(=O)c1c(C)n(-c2ccc(Cl)cc2)c2ccc(O)c(CN3CCOCC3)c12. The van der Waals surface area contributed by atoms with Crippen LogP contribution in [0.2, 0.25) is 5.02 Å². The van der Waals surface area contributed by atoms with E-state index in [0.717, 1.165) is 40.9 Å². The molecule has 0 atom stereocenters. The van der Waals surface area contributed by atoms with Gasteiger partial charge in [-0.3, -0.25) is 9.69 Å². The first-order valence-corrected chi connectivity index (χ1v) is 9.78. The number of hydrogen-bond donors (Lipinski definition) is 1. The maximum atomic E-state index is 12.6. The molecule has 1 aliphatic rings. The summed E-state index contributed by atoms with van der Waals surface area (Å²) in [5.74, 6) is 0.207. The molecule has 146 valence electrons. The number of Topliss-reactive ketones (excluding diaryl/α,β-unsaturated/α-hetero) is 1. The molecule has 2 heterocycles. The molecule has 1 fully saturated rings. The zero-order valence-electron chi connectivity index (χ0n) is 16.0. The van der Waals surface area contributed by atoms with Crippen LogP contribution in [-0.4, -0.2) is 46.7 Å². The van der Waals surface area contributed by atoms with Crippen molar-refractivity contribution in [2.75, 3.05) is 26.3 Å². The maximum Gasteiger partial charge on any atom is 0.162 e. The van der Waals surface area contributed by atoms with Gasteiger partial charge in [0.2, 0.25) is 0 Å². The first kappa shape index (κ1) is 19.0. The molecule has 3 aromatic rings. The van der Waals surface area contributed by atoms with Crippen LogP contribution < -0.4 is 0 Å². The number of phenolic OH excluding ortho intramolecular Hbond substituents is 1. The Kier molecular flexibility index (Phi) is 5.15. The summed E-state index contributed by atoms with van der Waals surface area (Å²) in [6.45, 7) is 7.08. The zero-order valence-corrected chi connectivity index (χ0v) is 16.8. The summed E-state index contributed by atoms with van der Waals surface area (Å²) in [5, 5.41) is 12.1. The van der Waals surface area contributed by atoms with Crippen molar-refractivity contribution in [1.29, 1.82) is 0 Å². The largest absolute Gasteiger partial charge is 0.508 e. The summed E-state index contributed by atoms with van der Waals surface area (Å²) in [5.41, 5.74) is 4.15. The van der Waals surface area contributed by atoms with Crippen molar-refractivity contribution < 1.29 is 14.6 Å². The van der Waals surface area contributed by atoms with Crippen molar-refractivity contribution in [2.24, 2.45) is 0 Å². The van der Waals surface area contributed by atoms with Gasteiger partial charge in [-0.1, -0.05) is 11.6 Å². The van der Waals surface area contributed by atoms with Crippen molar-refractivity contribution >= 4 is 28.3 Å². The van der Waals surface area contributed by atoms with Gasteiger partial charge in [-0.15, -0.1) is 0 Å². The third-order valence-corrected chi connectivity index (χ3v) is 5.63. The lowest BCUT2D eigenvalue weighted by atomic mass is 10.0. The molecule has 0 saturated carbocycles. The lowest BCUT2D eigenvalue weighted by Crippen LogP contribution is -2.35. The summed E-state index contributed by atoms with van der Waals surface area (Å²) in [6, 6.07) is 11.1. The first-order valence-electron chi connectivity index (χ1n) is 9.40. The van der Waals surface area contributed by atoms with Crippen LogP contribution in [0, 0.1) is 6.92 Å². The number of hydrogen-bond acceptors (Lipinski definition) is 4. The number of ether oxygens (including phenoxy) is 1. The molecule has 1 aliphatic heterocycles. The lowest BCUT2D eigenvalue weighted by molar-refractivity contribution is 0.0340. The van der Waals surface area contributed by atoms with Gasteiger partial charge in [0.15, 0.2) is 5.78 Å². The lowest BCUT2D eigenvalue weighted by Gasteiger charge is -2.27. The zero-order chi connectivity index (χ0) is 19.8. The van der Waals surface area contributed by atoms with E-state index in [1.807, 2.05) is 37.3 Å². The van der Waals surface area contributed by atoms with Gasteiger partial charge in [-0.05, 0) is 50.2 Å². The number of halogens is 1. The van der Waals surface area contributed by atoms with E-state index in [1.54, 1.807) is 13.0 Å². The van der Waals surface area contributed by atoms with Crippen molar-refractivity contribution in [3.63, 3.8) is 0 Å². The molecule has 0 radical (unpaired) electrons. The average Bonchev–Trinajstić information content (AvgIpc) is 2.98. The fourth-order valence-corrected chi connectivity index (χ4v) is 4.19. The predicted octanol–water partition coefficient (Wildman–Crippen LogP) is 4.33. The number of phenols is 1. The number of fused-ring (bicyclic) bond motifs is 1. The highest BCUT2D eigenvalue weighted by Gasteiger charge is 2.24. The summed E-state index contributed by atoms with van der Waals surface area (Å²) >= 11 is 6.06. The van der Waals surface area contributed by atoms with Crippen molar-refractivity contribution in [3.05, 3.63) is 58.2 Å². The number of rotatable bonds is 4. The molecule has 2 aromatic carbocycles. The second-order valence-electron chi connectivity index (χ2n) is 7.17. The van der Waals surface area contributed by atoms with E-state index < -0.39 is 0 Å². The monoisotopic (exact) mass is 398 g/mol. The van der Waals surface area contributed by atoms with Crippen LogP contribution in [-0.2, 0) is 11.3 Å². The Morgan fingerprint density at radius 3 is 2.46 bits per heavy atom. The number of aromatic nitrogens is 1. The van der Waals surface area contributed by atoms with Crippen LogP contribution in [0.3, 0.4) is 0 Å². The molecule has 1 N–H and O–H groups in total. The average molecular weight is 399 g/mol. The number of nitrogens with zero attached hydrogens (tertiary/aromatic N) is 2. The van der Waals surface area contributed by atoms with Crippen LogP contribution >= 0.6 is 11.6 Å². The van der Waals surface area contributed by atoms with E-state index in [2.05, 4.69) is 9.47 Å². The highest BCUT2D eigenvalue weighted by atomic mass is 35.5. The van der Waals surface area contributed by atoms with E-state index >= 15 is 0 Å². The molecule has 0 unspecified atom stereocenters. The van der Waals surface area contributed by atoms with Crippen LogP contribution in [0.5, 0.6) is 5.75 Å². The normalized spacial score (nSPS) is 15.2. The Morgan fingerprint density at radius 2 is 1.82 bits per heavy atom. The highest BCUT2D eigenvalue weighted by molar-refractivity contribution is 6.30. The smallest absolute Gasteiger partial charge is 0.162 e. The predicted molar refractivity (Wildman–Crippen MR) is 111 cm³/mol. The Labute approximate surface area is 169 Å². The fraction of sp³-hybridized carbons (Fsp3) is 0.318. The summed E-state index contributed by atoms with van der Waals surface area (Å²) in [6.07, 6.45) is 0. The summed E-state index contributed by atoms with van der Waals surface area (Å²) in [4.78, 5) is 14.8. The van der Waals surface area contributed by atoms with Gasteiger partial charge in [0.25, 0.3) is 0 Å². The van der Waals surface area contributed by atoms with Gasteiger partial charge >= 0.3 is 0 Å². The van der Waals surface area contributed by atoms with Crippen LogP contribution in [0.4, 0.5) is 0 Å². The Bertz CT molecular complexity index is 1030. The van der Waals surface area contributed by atoms with Gasteiger partial charge in [0, 0.05) is 52.6 Å². The molecular weight excluding hydrogens is 376 g/mol.